The van der Waals surface area contributed by atoms with Crippen molar-refractivity contribution >= 4 is 18.0 Å². The van der Waals surface area contributed by atoms with Crippen molar-refractivity contribution in [2.24, 2.45) is 5.92 Å². The van der Waals surface area contributed by atoms with E-state index in [1.54, 1.807) is 18.0 Å². The molecular weight excluding hydrogens is 549 g/mol. The van der Waals surface area contributed by atoms with Crippen LogP contribution in [0.3, 0.4) is 0 Å². The summed E-state index contributed by atoms with van der Waals surface area (Å²) in [6.45, 7) is 4.79. The number of amides is 1. The van der Waals surface area contributed by atoms with E-state index in [1.807, 2.05) is 12.1 Å². The van der Waals surface area contributed by atoms with E-state index >= 15 is 0 Å². The molecule has 1 amide bonds. The lowest BCUT2D eigenvalue weighted by Gasteiger charge is -2.60. The number of halogens is 3. The van der Waals surface area contributed by atoms with Crippen molar-refractivity contribution in [3.8, 4) is 11.5 Å². The quantitative estimate of drug-likeness (QED) is 0.226. The van der Waals surface area contributed by atoms with E-state index in [-0.39, 0.29) is 35.2 Å². The summed E-state index contributed by atoms with van der Waals surface area (Å²) in [5.41, 5.74) is 1.28. The van der Waals surface area contributed by atoms with Gasteiger partial charge in [0.25, 0.3) is 0 Å². The Kier molecular flexibility index (Phi) is 7.17. The highest BCUT2D eigenvalue weighted by molar-refractivity contribution is 5.92. The van der Waals surface area contributed by atoms with Crippen LogP contribution < -0.4 is 9.47 Å². The number of likely N-dealkylation sites (tertiary alicyclic amines) is 1. The van der Waals surface area contributed by atoms with Crippen molar-refractivity contribution in [3.63, 3.8) is 0 Å². The zero-order valence-electron chi connectivity index (χ0n) is 23.3. The van der Waals surface area contributed by atoms with E-state index in [4.69, 9.17) is 9.47 Å². The Labute approximate surface area is 242 Å². The molecule has 222 valence electrons. The fourth-order valence-electron chi connectivity index (χ4n) is 7.88. The van der Waals surface area contributed by atoms with Crippen LogP contribution in [0.4, 0.5) is 13.2 Å². The Hall–Kier alpha value is -3.63. The van der Waals surface area contributed by atoms with Gasteiger partial charge < -0.3 is 19.5 Å². The summed E-state index contributed by atoms with van der Waals surface area (Å²) < 4.78 is 51.7. The second-order valence-corrected chi connectivity index (χ2v) is 11.6. The fraction of sp³-hybridized carbons (Fsp3) is 0.438. The lowest BCUT2D eigenvalue weighted by molar-refractivity contribution is -0.138. The molecule has 7 nitrogen and oxygen atoms in total. The first kappa shape index (κ1) is 28.5. The van der Waals surface area contributed by atoms with Gasteiger partial charge in [-0.2, -0.15) is 13.2 Å². The topological polar surface area (TPSA) is 79.3 Å². The molecule has 0 aromatic heterocycles. The number of esters is 1. The van der Waals surface area contributed by atoms with Crippen molar-refractivity contribution < 1.29 is 37.3 Å². The largest absolute Gasteiger partial charge is 0.483 e. The van der Waals surface area contributed by atoms with E-state index in [0.29, 0.717) is 12.2 Å². The minimum atomic E-state index is -4.47. The second-order valence-electron chi connectivity index (χ2n) is 11.6. The third-order valence-electron chi connectivity index (χ3n) is 9.58. The summed E-state index contributed by atoms with van der Waals surface area (Å²) in [6, 6.07) is 8.50. The second kappa shape index (κ2) is 10.6. The molecule has 2 aromatic rings. The number of nitrogens with zero attached hydrogens (tertiary/aromatic N) is 2. The number of hydrogen-bond acceptors (Lipinski definition) is 6. The summed E-state index contributed by atoms with van der Waals surface area (Å²) in [6.07, 6.45) is 2.92. The minimum Gasteiger partial charge on any atom is -0.483 e. The number of hydrogen-bond donors (Lipinski definition) is 1. The van der Waals surface area contributed by atoms with Crippen LogP contribution in [-0.2, 0) is 27.6 Å². The van der Waals surface area contributed by atoms with Gasteiger partial charge in [-0.15, -0.1) is 6.58 Å². The zero-order valence-corrected chi connectivity index (χ0v) is 23.3. The number of rotatable bonds is 7. The average Bonchev–Trinajstić information content (AvgIpc) is 3.32. The lowest BCUT2D eigenvalue weighted by atomic mass is 9.51. The summed E-state index contributed by atoms with van der Waals surface area (Å²) in [4.78, 5) is 29.6. The van der Waals surface area contributed by atoms with Crippen molar-refractivity contribution in [1.82, 2.24) is 9.80 Å². The molecule has 2 fully saturated rings. The summed E-state index contributed by atoms with van der Waals surface area (Å²) >= 11 is 0. The monoisotopic (exact) mass is 582 g/mol. The van der Waals surface area contributed by atoms with Crippen LogP contribution in [0.5, 0.6) is 11.5 Å². The molecule has 2 aliphatic carbocycles. The number of likely N-dealkylation sites (N-methyl/N-ethyl adjacent to an activating group) is 1. The zero-order chi connectivity index (χ0) is 29.8. The van der Waals surface area contributed by atoms with Gasteiger partial charge in [0.2, 0.25) is 5.91 Å². The van der Waals surface area contributed by atoms with E-state index < -0.39 is 35.8 Å². The molecule has 0 radical (unpaired) electrons. The molecule has 10 heteroatoms. The lowest BCUT2D eigenvalue weighted by Crippen LogP contribution is -2.68. The van der Waals surface area contributed by atoms with E-state index in [9.17, 15) is 27.9 Å². The molecule has 1 saturated carbocycles. The fourth-order valence-corrected chi connectivity index (χ4v) is 7.88. The van der Waals surface area contributed by atoms with Crippen molar-refractivity contribution in [1.29, 1.82) is 0 Å². The molecule has 2 unspecified atom stereocenters. The van der Waals surface area contributed by atoms with Crippen LogP contribution in [-0.4, -0.2) is 71.7 Å². The minimum absolute atomic E-state index is 0.258. The molecule has 4 aliphatic rings. The number of piperidine rings is 1. The van der Waals surface area contributed by atoms with Crippen LogP contribution in [0.1, 0.15) is 41.5 Å². The van der Waals surface area contributed by atoms with Crippen LogP contribution in [0.2, 0.25) is 0 Å². The molecule has 2 aliphatic heterocycles. The van der Waals surface area contributed by atoms with Crippen molar-refractivity contribution in [2.75, 3.05) is 26.7 Å². The van der Waals surface area contributed by atoms with Crippen molar-refractivity contribution in [3.05, 3.63) is 77.4 Å². The first-order valence-electron chi connectivity index (χ1n) is 14.2. The first-order chi connectivity index (χ1) is 20.1. The third kappa shape index (κ3) is 4.52. The smallest absolute Gasteiger partial charge is 0.416 e. The standard InChI is InChI=1S/C32H33F3N2O5/c1-3-14-37-15-13-31-22-9-10-23(36(2)26(39)12-7-19-5-4-6-21(16-19)32(33,34)35)30(31)42-29-25(41-27(40)18-38)11-8-20(28(29)31)17-24(22)37/h3-8,11-12,16,22-24,30,38H,1,9-10,13-15,17-18H2,2H3/b12-7+/t22-,23?,24+,30?,31-/m0/s1. The molecule has 2 bridgehead atoms. The van der Waals surface area contributed by atoms with E-state index in [0.717, 1.165) is 55.6 Å². The van der Waals surface area contributed by atoms with Gasteiger partial charge in [0, 0.05) is 36.7 Å². The number of aliphatic hydroxyl groups is 1. The third-order valence-corrected chi connectivity index (χ3v) is 9.58. The van der Waals surface area contributed by atoms with Gasteiger partial charge in [-0.3, -0.25) is 9.69 Å². The van der Waals surface area contributed by atoms with Gasteiger partial charge >= 0.3 is 12.1 Å². The van der Waals surface area contributed by atoms with Gasteiger partial charge in [-0.1, -0.05) is 24.3 Å². The number of ether oxygens (including phenoxy) is 2. The molecule has 1 saturated heterocycles. The highest BCUT2D eigenvalue weighted by Crippen LogP contribution is 2.64. The van der Waals surface area contributed by atoms with Gasteiger partial charge in [0.15, 0.2) is 11.5 Å². The predicted octanol–water partition coefficient (Wildman–Crippen LogP) is 4.37. The number of carbonyl (C=O) groups excluding carboxylic acids is 2. The number of alkyl halides is 3. The Morgan fingerprint density at radius 1 is 1.26 bits per heavy atom. The van der Waals surface area contributed by atoms with Crippen LogP contribution in [0, 0.1) is 5.92 Å². The SMILES string of the molecule is C=CCN1CC[C@]23c4c5ccc(OC(=O)CO)c4OC2C(N(C)C(=O)/C=C/c2cccc(C(F)(F)F)c2)CC[C@H]3[C@H]1C5. The predicted molar refractivity (Wildman–Crippen MR) is 149 cm³/mol. The van der Waals surface area contributed by atoms with Crippen LogP contribution >= 0.6 is 0 Å². The molecule has 2 aromatic carbocycles. The molecular formula is C32H33F3N2O5. The molecule has 42 heavy (non-hydrogen) atoms. The highest BCUT2D eigenvalue weighted by atomic mass is 19.4. The molecule has 1 N–H and O–H groups in total. The highest BCUT2D eigenvalue weighted by Gasteiger charge is 2.66. The van der Waals surface area contributed by atoms with Gasteiger partial charge in [0.05, 0.1) is 11.6 Å². The van der Waals surface area contributed by atoms with E-state index in [1.165, 1.54) is 24.3 Å². The normalized spacial score (nSPS) is 27.7. The number of carbonyl (C=O) groups is 2. The van der Waals surface area contributed by atoms with Crippen LogP contribution in [0.25, 0.3) is 6.08 Å². The maximum atomic E-state index is 13.4. The summed E-state index contributed by atoms with van der Waals surface area (Å²) in [5.74, 6) is -0.0898. The van der Waals surface area contributed by atoms with Gasteiger partial charge in [0.1, 0.15) is 12.7 Å². The van der Waals surface area contributed by atoms with Crippen molar-refractivity contribution in [2.45, 2.75) is 55.5 Å². The number of aliphatic hydroxyl groups excluding tert-OH is 1. The van der Waals surface area contributed by atoms with Crippen LogP contribution in [0.15, 0.2) is 55.1 Å². The summed E-state index contributed by atoms with van der Waals surface area (Å²) in [7, 11) is 1.70. The molecule has 1 spiro atoms. The Morgan fingerprint density at radius 2 is 2.07 bits per heavy atom. The Morgan fingerprint density at radius 3 is 2.81 bits per heavy atom. The molecule has 2 heterocycles. The Bertz CT molecular complexity index is 1460. The first-order valence-corrected chi connectivity index (χ1v) is 14.2. The Balaban J connectivity index is 1.34. The molecule has 5 atom stereocenters. The maximum Gasteiger partial charge on any atom is 0.416 e. The van der Waals surface area contributed by atoms with Gasteiger partial charge in [-0.25, -0.2) is 4.79 Å². The number of benzene rings is 2. The van der Waals surface area contributed by atoms with Gasteiger partial charge in [-0.05, 0) is 73.5 Å². The molecule has 6 rings (SSSR count). The average molecular weight is 583 g/mol. The maximum absolute atomic E-state index is 13.4. The van der Waals surface area contributed by atoms with E-state index in [2.05, 4.69) is 11.5 Å². The summed E-state index contributed by atoms with van der Waals surface area (Å²) in [5, 5.41) is 9.31.